The lowest BCUT2D eigenvalue weighted by Gasteiger charge is -2.03. The summed E-state index contributed by atoms with van der Waals surface area (Å²) in [6, 6.07) is 8.27. The van der Waals surface area contributed by atoms with E-state index in [1.165, 1.54) is 44.1 Å². The first kappa shape index (κ1) is 15.9. The molecule has 0 aliphatic heterocycles. The number of carbonyl (C=O) groups is 1. The quantitative estimate of drug-likeness (QED) is 0.525. The van der Waals surface area contributed by atoms with E-state index < -0.39 is 0 Å². The standard InChI is InChI=1S/C18H28O/c1-3-4-5-6-7-8-9-13-18(19)15-17-12-10-11-16(2)14-17/h10-12,14H,3-9,13,15H2,1-2H3. The van der Waals surface area contributed by atoms with Crippen LogP contribution in [0.3, 0.4) is 0 Å². The Labute approximate surface area is 118 Å². The van der Waals surface area contributed by atoms with Gasteiger partial charge in [0.1, 0.15) is 5.78 Å². The van der Waals surface area contributed by atoms with E-state index in [1.54, 1.807) is 0 Å². The van der Waals surface area contributed by atoms with Crippen LogP contribution in [0, 0.1) is 6.92 Å². The zero-order valence-corrected chi connectivity index (χ0v) is 12.6. The Morgan fingerprint density at radius 2 is 1.68 bits per heavy atom. The predicted octanol–water partition coefficient (Wildman–Crippen LogP) is 5.25. The molecule has 0 spiro atoms. The van der Waals surface area contributed by atoms with Gasteiger partial charge >= 0.3 is 0 Å². The zero-order valence-electron chi connectivity index (χ0n) is 12.6. The van der Waals surface area contributed by atoms with Crippen molar-refractivity contribution in [3.63, 3.8) is 0 Å². The molecule has 0 bridgehead atoms. The van der Waals surface area contributed by atoms with Crippen molar-refractivity contribution in [1.29, 1.82) is 0 Å². The van der Waals surface area contributed by atoms with Crippen LogP contribution < -0.4 is 0 Å². The number of Topliss-reactive ketones (excluding diaryl/α,β-unsaturated/α-hetero) is 1. The second-order valence-corrected chi connectivity index (χ2v) is 5.58. The minimum Gasteiger partial charge on any atom is -0.299 e. The van der Waals surface area contributed by atoms with Crippen molar-refractivity contribution in [1.82, 2.24) is 0 Å². The highest BCUT2D eigenvalue weighted by molar-refractivity contribution is 5.80. The van der Waals surface area contributed by atoms with Crippen molar-refractivity contribution in [2.75, 3.05) is 0 Å². The molecule has 0 saturated carbocycles. The van der Waals surface area contributed by atoms with Crippen LogP contribution in [0.2, 0.25) is 0 Å². The maximum Gasteiger partial charge on any atom is 0.137 e. The lowest BCUT2D eigenvalue weighted by atomic mass is 10.0. The Hall–Kier alpha value is -1.11. The number of aryl methyl sites for hydroxylation is 1. The van der Waals surface area contributed by atoms with Crippen LogP contribution in [0.1, 0.15) is 69.4 Å². The molecule has 0 fully saturated rings. The predicted molar refractivity (Wildman–Crippen MR) is 82.5 cm³/mol. The summed E-state index contributed by atoms with van der Waals surface area (Å²) < 4.78 is 0. The van der Waals surface area contributed by atoms with Crippen LogP contribution >= 0.6 is 0 Å². The van der Waals surface area contributed by atoms with Crippen molar-refractivity contribution in [3.8, 4) is 0 Å². The minimum atomic E-state index is 0.388. The normalized spacial score (nSPS) is 10.6. The van der Waals surface area contributed by atoms with Crippen LogP contribution in [0.4, 0.5) is 0 Å². The highest BCUT2D eigenvalue weighted by Gasteiger charge is 2.03. The summed E-state index contributed by atoms with van der Waals surface area (Å²) >= 11 is 0. The van der Waals surface area contributed by atoms with Gasteiger partial charge in [-0.1, -0.05) is 75.3 Å². The monoisotopic (exact) mass is 260 g/mol. The van der Waals surface area contributed by atoms with Gasteiger partial charge in [-0.25, -0.2) is 0 Å². The van der Waals surface area contributed by atoms with Crippen LogP contribution in [0.15, 0.2) is 24.3 Å². The summed E-state index contributed by atoms with van der Waals surface area (Å²) in [6.45, 7) is 4.31. The van der Waals surface area contributed by atoms with E-state index in [9.17, 15) is 4.79 Å². The summed E-state index contributed by atoms with van der Waals surface area (Å²) in [5, 5.41) is 0. The van der Waals surface area contributed by atoms with Crippen molar-refractivity contribution in [2.45, 2.75) is 71.6 Å². The fourth-order valence-corrected chi connectivity index (χ4v) is 2.42. The molecular formula is C18H28O. The third kappa shape index (κ3) is 7.81. The second kappa shape index (κ2) is 9.77. The fourth-order valence-electron chi connectivity index (χ4n) is 2.42. The van der Waals surface area contributed by atoms with Crippen molar-refractivity contribution < 1.29 is 4.79 Å². The van der Waals surface area contributed by atoms with E-state index in [4.69, 9.17) is 0 Å². The third-order valence-electron chi connectivity index (χ3n) is 3.54. The van der Waals surface area contributed by atoms with Crippen LogP contribution in [-0.2, 0) is 11.2 Å². The van der Waals surface area contributed by atoms with Gasteiger partial charge in [-0.2, -0.15) is 0 Å². The third-order valence-corrected chi connectivity index (χ3v) is 3.54. The van der Waals surface area contributed by atoms with Crippen LogP contribution in [-0.4, -0.2) is 5.78 Å². The Balaban J connectivity index is 2.08. The molecule has 1 aromatic carbocycles. The zero-order chi connectivity index (χ0) is 13.9. The SMILES string of the molecule is CCCCCCCCCC(=O)Cc1cccc(C)c1. The van der Waals surface area contributed by atoms with Gasteiger partial charge in [-0.3, -0.25) is 4.79 Å². The number of hydrogen-bond donors (Lipinski definition) is 0. The molecule has 0 unspecified atom stereocenters. The minimum absolute atomic E-state index is 0.388. The molecule has 0 N–H and O–H groups in total. The van der Waals surface area contributed by atoms with Gasteiger partial charge in [0, 0.05) is 12.8 Å². The average molecular weight is 260 g/mol. The number of hydrogen-bond acceptors (Lipinski definition) is 1. The summed E-state index contributed by atoms with van der Waals surface area (Å²) in [6.07, 6.45) is 10.3. The van der Waals surface area contributed by atoms with Crippen molar-refractivity contribution in [2.24, 2.45) is 0 Å². The molecular weight excluding hydrogens is 232 g/mol. The molecule has 0 amide bonds. The van der Waals surface area contributed by atoms with Gasteiger partial charge in [0.25, 0.3) is 0 Å². The van der Waals surface area contributed by atoms with E-state index in [2.05, 4.69) is 32.0 Å². The summed E-state index contributed by atoms with van der Waals surface area (Å²) in [5.41, 5.74) is 2.40. The molecule has 0 saturated heterocycles. The first-order chi connectivity index (χ1) is 9.22. The van der Waals surface area contributed by atoms with Crippen LogP contribution in [0.5, 0.6) is 0 Å². The van der Waals surface area contributed by atoms with Gasteiger partial charge < -0.3 is 0 Å². The molecule has 0 aliphatic carbocycles. The Kier molecular flexibility index (Phi) is 8.20. The Bertz CT molecular complexity index is 368. The summed E-state index contributed by atoms with van der Waals surface area (Å²) in [7, 11) is 0. The number of ketones is 1. The first-order valence-corrected chi connectivity index (χ1v) is 7.79. The van der Waals surface area contributed by atoms with Gasteiger partial charge in [0.05, 0.1) is 0 Å². The number of unbranched alkanes of at least 4 members (excludes halogenated alkanes) is 6. The molecule has 0 aromatic heterocycles. The highest BCUT2D eigenvalue weighted by atomic mass is 16.1. The molecule has 0 radical (unpaired) electrons. The van der Waals surface area contributed by atoms with Crippen molar-refractivity contribution >= 4 is 5.78 Å². The van der Waals surface area contributed by atoms with Gasteiger partial charge in [0.2, 0.25) is 0 Å². The lowest BCUT2D eigenvalue weighted by Crippen LogP contribution is -2.02. The average Bonchev–Trinajstić information content (AvgIpc) is 2.37. The van der Waals surface area contributed by atoms with E-state index in [-0.39, 0.29) is 0 Å². The van der Waals surface area contributed by atoms with E-state index in [0.717, 1.165) is 18.4 Å². The molecule has 0 aliphatic rings. The van der Waals surface area contributed by atoms with E-state index in [1.807, 2.05) is 6.07 Å². The lowest BCUT2D eigenvalue weighted by molar-refractivity contribution is -0.118. The number of rotatable bonds is 10. The molecule has 1 rings (SSSR count). The van der Waals surface area contributed by atoms with Gasteiger partial charge in [-0.05, 0) is 18.9 Å². The van der Waals surface area contributed by atoms with Crippen LogP contribution in [0.25, 0.3) is 0 Å². The number of benzene rings is 1. The molecule has 19 heavy (non-hydrogen) atoms. The topological polar surface area (TPSA) is 17.1 Å². The maximum atomic E-state index is 11.9. The smallest absolute Gasteiger partial charge is 0.137 e. The molecule has 0 atom stereocenters. The Morgan fingerprint density at radius 3 is 2.37 bits per heavy atom. The van der Waals surface area contributed by atoms with Gasteiger partial charge in [0.15, 0.2) is 0 Å². The second-order valence-electron chi connectivity index (χ2n) is 5.58. The summed E-state index contributed by atoms with van der Waals surface area (Å²) in [4.78, 5) is 11.9. The van der Waals surface area contributed by atoms with E-state index in [0.29, 0.717) is 12.2 Å². The summed E-state index contributed by atoms with van der Waals surface area (Å²) in [5.74, 6) is 0.388. The molecule has 106 valence electrons. The molecule has 0 heterocycles. The molecule has 1 heteroatoms. The van der Waals surface area contributed by atoms with E-state index >= 15 is 0 Å². The first-order valence-electron chi connectivity index (χ1n) is 7.79. The highest BCUT2D eigenvalue weighted by Crippen LogP contribution is 2.11. The molecule has 1 aromatic rings. The van der Waals surface area contributed by atoms with Crippen molar-refractivity contribution in [3.05, 3.63) is 35.4 Å². The maximum absolute atomic E-state index is 11.9. The largest absolute Gasteiger partial charge is 0.299 e. The van der Waals surface area contributed by atoms with Gasteiger partial charge in [-0.15, -0.1) is 0 Å². The fraction of sp³-hybridized carbons (Fsp3) is 0.611. The number of carbonyl (C=O) groups excluding carboxylic acids is 1. The molecule has 1 nitrogen and oxygen atoms in total. The Morgan fingerprint density at radius 1 is 1.00 bits per heavy atom.